The molecule has 0 aromatic carbocycles. The summed E-state index contributed by atoms with van der Waals surface area (Å²) in [4.78, 5) is 1.71. The highest BCUT2D eigenvalue weighted by Crippen LogP contribution is 2.04. The predicted molar refractivity (Wildman–Crippen MR) is 30.7 cm³/mol. The molecule has 1 heterocycles. The molecule has 4 heteroatoms. The van der Waals surface area contributed by atoms with E-state index >= 15 is 0 Å². The fourth-order valence-corrected chi connectivity index (χ4v) is 0.684. The third kappa shape index (κ3) is 1.57. The van der Waals surface area contributed by atoms with E-state index in [0.717, 1.165) is 0 Å². The molecule has 0 radical (unpaired) electrons. The fraction of sp³-hybridized carbons (Fsp3) is 0.600. The van der Waals surface area contributed by atoms with E-state index in [4.69, 9.17) is 4.74 Å². The lowest BCUT2D eigenvalue weighted by atomic mass is 10.8. The van der Waals surface area contributed by atoms with Gasteiger partial charge in [-0.1, -0.05) is 4.48 Å². The maximum absolute atomic E-state index is 12.1. The molecular weight excluding hydrogens is 123 g/mol. The lowest BCUT2D eigenvalue weighted by Crippen LogP contribution is -2.22. The van der Waals surface area contributed by atoms with Crippen LogP contribution in [-0.2, 0) is 4.74 Å². The van der Waals surface area contributed by atoms with E-state index in [2.05, 4.69) is 0 Å². The second-order valence-corrected chi connectivity index (χ2v) is 1.85. The molecule has 0 unspecified atom stereocenters. The molecule has 9 heavy (non-hydrogen) atoms. The van der Waals surface area contributed by atoms with Crippen LogP contribution in [0.3, 0.4) is 0 Å². The van der Waals surface area contributed by atoms with Gasteiger partial charge in [-0.25, -0.2) is 0 Å². The maximum atomic E-state index is 12.1. The molecule has 0 amide bonds. The molecule has 0 atom stereocenters. The van der Waals surface area contributed by atoms with Gasteiger partial charge in [0.1, 0.15) is 13.4 Å². The van der Waals surface area contributed by atoms with E-state index in [9.17, 15) is 4.48 Å². The molecule has 0 N–H and O–H groups in total. The third-order valence-electron chi connectivity index (χ3n) is 1.05. The third-order valence-corrected chi connectivity index (χ3v) is 1.05. The average molecular weight is 132 g/mol. The molecule has 0 fully saturated rings. The first-order valence-electron chi connectivity index (χ1n) is 2.66. The van der Waals surface area contributed by atoms with Crippen LogP contribution in [0.4, 0.5) is 4.48 Å². The van der Waals surface area contributed by atoms with Crippen molar-refractivity contribution in [2.75, 3.05) is 20.5 Å². The monoisotopic (exact) mass is 132 g/mol. The zero-order valence-corrected chi connectivity index (χ0v) is 5.25. The highest BCUT2D eigenvalue weighted by molar-refractivity contribution is 4.84. The van der Waals surface area contributed by atoms with Crippen molar-refractivity contribution in [3.05, 3.63) is 12.4 Å². The molecule has 1 rings (SSSR count). The molecule has 0 aliphatic carbocycles. The van der Waals surface area contributed by atoms with E-state index in [1.807, 2.05) is 0 Å². The van der Waals surface area contributed by atoms with Gasteiger partial charge in [-0.15, -0.1) is 0 Å². The summed E-state index contributed by atoms with van der Waals surface area (Å²) in [5.41, 5.74) is 0. The Morgan fingerprint density at radius 1 is 1.67 bits per heavy atom. The Kier molecular flexibility index (Phi) is 1.89. The topological polar surface area (TPSA) is 15.7 Å². The van der Waals surface area contributed by atoms with Crippen LogP contribution >= 0.6 is 0 Å². The Morgan fingerprint density at radius 2 is 2.44 bits per heavy atom. The molecule has 1 aliphatic heterocycles. The lowest BCUT2D eigenvalue weighted by Gasteiger charge is -2.13. The Hall–Kier alpha value is -0.770. The van der Waals surface area contributed by atoms with Gasteiger partial charge in [0, 0.05) is 13.3 Å². The largest absolute Gasteiger partial charge is 0.364 e. The Bertz CT molecular complexity index is 118. The molecule has 0 bridgehead atoms. The smallest absolute Gasteiger partial charge is 0.122 e. The molecule has 0 aromatic heterocycles. The summed E-state index contributed by atoms with van der Waals surface area (Å²) in [5, 5.41) is 0.596. The molecule has 0 spiro atoms. The Morgan fingerprint density at radius 3 is 2.89 bits per heavy atom. The van der Waals surface area contributed by atoms with Gasteiger partial charge in [-0.3, -0.25) is 0 Å². The SMILES string of the molecule is COCN1C=CN(F)C1. The van der Waals surface area contributed by atoms with Crippen LogP contribution in [0.5, 0.6) is 0 Å². The number of rotatable bonds is 2. The van der Waals surface area contributed by atoms with Crippen molar-refractivity contribution in [1.29, 1.82) is 0 Å². The molecule has 0 saturated carbocycles. The van der Waals surface area contributed by atoms with Gasteiger partial charge in [0.2, 0.25) is 0 Å². The van der Waals surface area contributed by atoms with Gasteiger partial charge in [-0.2, -0.15) is 5.12 Å². The normalized spacial score (nSPS) is 17.6. The van der Waals surface area contributed by atoms with Gasteiger partial charge >= 0.3 is 0 Å². The Labute approximate surface area is 53.2 Å². The summed E-state index contributed by atoms with van der Waals surface area (Å²) in [7, 11) is 1.58. The van der Waals surface area contributed by atoms with Gasteiger partial charge in [0.05, 0.1) is 6.20 Å². The standard InChI is InChI=1S/C5H9FN2O/c1-9-5-7-2-3-8(6)4-7/h2-3H,4-5H2,1H3. The van der Waals surface area contributed by atoms with Gasteiger partial charge in [0.25, 0.3) is 0 Å². The molecular formula is C5H9FN2O. The second kappa shape index (κ2) is 2.68. The summed E-state index contributed by atoms with van der Waals surface area (Å²) in [5.74, 6) is 0. The van der Waals surface area contributed by atoms with Gasteiger partial charge < -0.3 is 9.64 Å². The van der Waals surface area contributed by atoms with Crippen molar-refractivity contribution in [3.63, 3.8) is 0 Å². The number of ether oxygens (including phenoxy) is 1. The number of halogens is 1. The van der Waals surface area contributed by atoms with Gasteiger partial charge in [-0.05, 0) is 0 Å². The lowest BCUT2D eigenvalue weighted by molar-refractivity contribution is 0.0194. The zero-order chi connectivity index (χ0) is 6.69. The van der Waals surface area contributed by atoms with Crippen molar-refractivity contribution in [2.45, 2.75) is 0 Å². The molecule has 0 aromatic rings. The van der Waals surface area contributed by atoms with Crippen molar-refractivity contribution in [3.8, 4) is 0 Å². The minimum Gasteiger partial charge on any atom is -0.364 e. The first-order chi connectivity index (χ1) is 4.33. The quantitative estimate of drug-likeness (QED) is 0.509. The second-order valence-electron chi connectivity index (χ2n) is 1.85. The van der Waals surface area contributed by atoms with E-state index in [0.29, 0.717) is 11.9 Å². The number of hydrogen-bond acceptors (Lipinski definition) is 3. The minimum absolute atomic E-state index is 0.272. The van der Waals surface area contributed by atoms with Crippen molar-refractivity contribution < 1.29 is 9.22 Å². The van der Waals surface area contributed by atoms with Crippen molar-refractivity contribution >= 4 is 0 Å². The van der Waals surface area contributed by atoms with Crippen LogP contribution in [0.1, 0.15) is 0 Å². The maximum Gasteiger partial charge on any atom is 0.122 e. The van der Waals surface area contributed by atoms with Crippen LogP contribution in [0, 0.1) is 0 Å². The summed E-state index contributed by atoms with van der Waals surface area (Å²) >= 11 is 0. The number of hydrogen-bond donors (Lipinski definition) is 0. The number of methoxy groups -OCH3 is 1. The van der Waals surface area contributed by atoms with E-state index < -0.39 is 0 Å². The molecule has 1 aliphatic rings. The van der Waals surface area contributed by atoms with E-state index in [1.165, 1.54) is 6.20 Å². The summed E-state index contributed by atoms with van der Waals surface area (Å²) in [6, 6.07) is 0. The van der Waals surface area contributed by atoms with Crippen LogP contribution in [0.15, 0.2) is 12.4 Å². The molecule has 52 valence electrons. The predicted octanol–water partition coefficient (Wildman–Crippen LogP) is 0.521. The van der Waals surface area contributed by atoms with E-state index in [-0.39, 0.29) is 6.67 Å². The first kappa shape index (κ1) is 6.35. The highest BCUT2D eigenvalue weighted by Gasteiger charge is 2.08. The minimum atomic E-state index is 0.272. The van der Waals surface area contributed by atoms with E-state index in [1.54, 1.807) is 18.2 Å². The first-order valence-corrected chi connectivity index (χ1v) is 2.66. The van der Waals surface area contributed by atoms with Crippen LogP contribution in [0.2, 0.25) is 0 Å². The summed E-state index contributed by atoms with van der Waals surface area (Å²) in [6.45, 7) is 0.713. The van der Waals surface area contributed by atoms with Crippen LogP contribution in [-0.4, -0.2) is 30.5 Å². The summed E-state index contributed by atoms with van der Waals surface area (Å²) in [6.07, 6.45) is 3.00. The molecule has 0 saturated heterocycles. The average Bonchev–Trinajstić information content (AvgIpc) is 2.17. The summed E-state index contributed by atoms with van der Waals surface area (Å²) < 4.78 is 16.9. The van der Waals surface area contributed by atoms with Crippen molar-refractivity contribution in [1.82, 2.24) is 10.0 Å². The highest BCUT2D eigenvalue weighted by atomic mass is 19.2. The zero-order valence-electron chi connectivity index (χ0n) is 5.25. The Balaban J connectivity index is 2.24. The molecule has 3 nitrogen and oxygen atoms in total. The van der Waals surface area contributed by atoms with Crippen molar-refractivity contribution in [2.24, 2.45) is 0 Å². The van der Waals surface area contributed by atoms with Crippen LogP contribution in [0.25, 0.3) is 0 Å². The van der Waals surface area contributed by atoms with Gasteiger partial charge in [0.15, 0.2) is 0 Å². The number of nitrogens with zero attached hydrogens (tertiary/aromatic N) is 2. The fourth-order valence-electron chi connectivity index (χ4n) is 0.684. The van der Waals surface area contributed by atoms with Crippen LogP contribution < -0.4 is 0 Å².